The third-order valence-corrected chi connectivity index (χ3v) is 2.65. The van der Waals surface area contributed by atoms with Gasteiger partial charge < -0.3 is 9.52 Å². The van der Waals surface area contributed by atoms with Crippen LogP contribution in [0, 0.1) is 13.8 Å². The normalized spacial score (nSPS) is 10.6. The van der Waals surface area contributed by atoms with Crippen molar-refractivity contribution in [2.75, 3.05) is 0 Å². The summed E-state index contributed by atoms with van der Waals surface area (Å²) in [6.45, 7) is 3.75. The van der Waals surface area contributed by atoms with Gasteiger partial charge in [0.2, 0.25) is 0 Å². The summed E-state index contributed by atoms with van der Waals surface area (Å²) in [4.78, 5) is 21.9. The number of rotatable bonds is 1. The molecule has 1 aromatic carbocycles. The summed E-state index contributed by atoms with van der Waals surface area (Å²) in [5.41, 5.74) is 1.04. The molecule has 82 valence electrons. The highest BCUT2D eigenvalue weighted by atomic mass is 16.4. The van der Waals surface area contributed by atoms with Crippen LogP contribution in [0.2, 0.25) is 0 Å². The molecule has 4 nitrogen and oxygen atoms in total. The highest BCUT2D eigenvalue weighted by molar-refractivity contribution is 5.92. The van der Waals surface area contributed by atoms with Crippen molar-refractivity contribution >= 4 is 17.3 Å². The molecule has 0 aliphatic carbocycles. The van der Waals surface area contributed by atoms with Gasteiger partial charge in [-0.25, -0.2) is 4.79 Å². The van der Waals surface area contributed by atoms with Gasteiger partial charge in [-0.2, -0.15) is 0 Å². The summed E-state index contributed by atoms with van der Waals surface area (Å²) in [5, 5.41) is 10.1. The van der Waals surface area contributed by atoms with E-state index >= 15 is 0 Å². The molecular weight excluding hydrogens is 208 g/mol. The topological polar surface area (TPSA) is 67.5 Å². The van der Waals surface area contributed by atoms with E-state index in [-0.39, 0.29) is 16.9 Å². The molecule has 0 saturated carbocycles. The molecule has 2 rings (SSSR count). The zero-order valence-corrected chi connectivity index (χ0v) is 8.90. The van der Waals surface area contributed by atoms with E-state index in [1.54, 1.807) is 12.1 Å². The molecule has 4 heteroatoms. The Morgan fingerprint density at radius 1 is 1.25 bits per heavy atom. The molecule has 0 atom stereocenters. The summed E-state index contributed by atoms with van der Waals surface area (Å²) in [6, 6.07) is 3.36. The number of hydrogen-bond acceptors (Lipinski definition) is 4. The predicted molar refractivity (Wildman–Crippen MR) is 59.0 cm³/mol. The molecule has 0 bridgehead atoms. The highest BCUT2D eigenvalue weighted by Gasteiger charge is 2.13. The van der Waals surface area contributed by atoms with Gasteiger partial charge in [-0.3, -0.25) is 4.79 Å². The van der Waals surface area contributed by atoms with Gasteiger partial charge in [0.1, 0.15) is 16.9 Å². The highest BCUT2D eigenvalue weighted by Crippen LogP contribution is 2.27. The Balaban J connectivity index is 2.99. The van der Waals surface area contributed by atoms with Crippen LogP contribution in [0.15, 0.2) is 21.3 Å². The molecule has 0 unspecified atom stereocenters. The van der Waals surface area contributed by atoms with Crippen molar-refractivity contribution in [1.82, 2.24) is 0 Å². The minimum Gasteiger partial charge on any atom is -0.506 e. The van der Waals surface area contributed by atoms with Gasteiger partial charge in [0.15, 0.2) is 6.29 Å². The van der Waals surface area contributed by atoms with Crippen LogP contribution < -0.4 is 5.63 Å². The second kappa shape index (κ2) is 3.48. The van der Waals surface area contributed by atoms with Crippen LogP contribution in [0.1, 0.15) is 21.5 Å². The first kappa shape index (κ1) is 10.4. The maximum absolute atomic E-state index is 11.3. The van der Waals surface area contributed by atoms with Crippen molar-refractivity contribution in [3.8, 4) is 5.75 Å². The molecule has 0 aliphatic heterocycles. The fourth-order valence-corrected chi connectivity index (χ4v) is 1.56. The maximum Gasteiger partial charge on any atom is 0.350 e. The Hall–Kier alpha value is -2.10. The standard InChI is InChI=1S/C12H10O4/c1-6-3-8-10(4-7(6)2)16-12(15)9(5-13)11(8)14/h3-5,14H,1-2H3. The van der Waals surface area contributed by atoms with E-state index in [4.69, 9.17) is 4.42 Å². The van der Waals surface area contributed by atoms with Crippen LogP contribution in [0.4, 0.5) is 0 Å². The molecule has 16 heavy (non-hydrogen) atoms. The SMILES string of the molecule is Cc1cc2oc(=O)c(C=O)c(O)c2cc1C. The van der Waals surface area contributed by atoms with Crippen molar-refractivity contribution in [2.24, 2.45) is 0 Å². The molecule has 0 radical (unpaired) electrons. The number of hydrogen-bond donors (Lipinski definition) is 1. The molecule has 0 amide bonds. The first-order valence-electron chi connectivity index (χ1n) is 4.77. The number of carbonyl (C=O) groups excluding carboxylic acids is 1. The zero-order valence-electron chi connectivity index (χ0n) is 8.90. The number of aromatic hydroxyl groups is 1. The largest absolute Gasteiger partial charge is 0.506 e. The average Bonchev–Trinajstić information content (AvgIpc) is 2.22. The predicted octanol–water partition coefficient (Wildman–Crippen LogP) is 1.93. The molecule has 1 aromatic heterocycles. The summed E-state index contributed by atoms with van der Waals surface area (Å²) in [5.74, 6) is -0.315. The molecule has 0 fully saturated rings. The van der Waals surface area contributed by atoms with Crippen molar-refractivity contribution in [2.45, 2.75) is 13.8 Å². The van der Waals surface area contributed by atoms with Crippen molar-refractivity contribution in [3.63, 3.8) is 0 Å². The number of carbonyl (C=O) groups is 1. The number of fused-ring (bicyclic) bond motifs is 1. The van der Waals surface area contributed by atoms with Gasteiger partial charge in [0, 0.05) is 0 Å². The van der Waals surface area contributed by atoms with E-state index in [9.17, 15) is 14.7 Å². The van der Waals surface area contributed by atoms with Gasteiger partial charge in [-0.05, 0) is 37.1 Å². The smallest absolute Gasteiger partial charge is 0.350 e. The van der Waals surface area contributed by atoms with Crippen LogP contribution in [0.25, 0.3) is 11.0 Å². The average molecular weight is 218 g/mol. The van der Waals surface area contributed by atoms with Crippen LogP contribution in [0.5, 0.6) is 5.75 Å². The van der Waals surface area contributed by atoms with Crippen LogP contribution >= 0.6 is 0 Å². The third kappa shape index (κ3) is 1.39. The second-order valence-corrected chi connectivity index (χ2v) is 3.70. The number of aryl methyl sites for hydroxylation is 2. The zero-order chi connectivity index (χ0) is 11.9. The maximum atomic E-state index is 11.3. The van der Waals surface area contributed by atoms with Crippen molar-refractivity contribution < 1.29 is 14.3 Å². The summed E-state index contributed by atoms with van der Waals surface area (Å²) >= 11 is 0. The lowest BCUT2D eigenvalue weighted by molar-refractivity contribution is 0.111. The minimum atomic E-state index is -0.816. The van der Waals surface area contributed by atoms with Crippen LogP contribution in [-0.2, 0) is 0 Å². The lowest BCUT2D eigenvalue weighted by atomic mass is 10.1. The molecular formula is C12H10O4. The molecule has 2 aromatic rings. The van der Waals surface area contributed by atoms with Gasteiger partial charge in [0.25, 0.3) is 0 Å². The van der Waals surface area contributed by atoms with E-state index in [1.807, 2.05) is 13.8 Å². The van der Waals surface area contributed by atoms with E-state index < -0.39 is 5.63 Å². The van der Waals surface area contributed by atoms with Crippen LogP contribution in [0.3, 0.4) is 0 Å². The van der Waals surface area contributed by atoms with Gasteiger partial charge >= 0.3 is 5.63 Å². The first-order chi connectivity index (χ1) is 7.54. The molecule has 1 heterocycles. The van der Waals surface area contributed by atoms with E-state index in [0.717, 1.165) is 11.1 Å². The molecule has 0 spiro atoms. The molecule has 0 aliphatic rings. The second-order valence-electron chi connectivity index (χ2n) is 3.70. The Kier molecular flexibility index (Phi) is 2.27. The third-order valence-electron chi connectivity index (χ3n) is 2.65. The number of benzene rings is 1. The summed E-state index contributed by atoms with van der Waals surface area (Å²) < 4.78 is 4.95. The van der Waals surface area contributed by atoms with Crippen molar-refractivity contribution in [3.05, 3.63) is 39.2 Å². The van der Waals surface area contributed by atoms with E-state index in [2.05, 4.69) is 0 Å². The monoisotopic (exact) mass is 218 g/mol. The lowest BCUT2D eigenvalue weighted by Gasteiger charge is -2.05. The Labute approximate surface area is 91.1 Å². The Bertz CT molecular complexity index is 637. The van der Waals surface area contributed by atoms with Gasteiger partial charge in [0.05, 0.1) is 5.39 Å². The lowest BCUT2D eigenvalue weighted by Crippen LogP contribution is -2.06. The Morgan fingerprint density at radius 3 is 2.50 bits per heavy atom. The Morgan fingerprint density at radius 2 is 1.88 bits per heavy atom. The van der Waals surface area contributed by atoms with Gasteiger partial charge in [-0.1, -0.05) is 0 Å². The summed E-state index contributed by atoms with van der Waals surface area (Å²) in [6.07, 6.45) is 0.301. The minimum absolute atomic E-state index is 0.288. The van der Waals surface area contributed by atoms with E-state index in [1.165, 1.54) is 0 Å². The molecule has 1 N–H and O–H groups in total. The van der Waals surface area contributed by atoms with Crippen molar-refractivity contribution in [1.29, 1.82) is 0 Å². The first-order valence-corrected chi connectivity index (χ1v) is 4.77. The molecule has 0 saturated heterocycles. The van der Waals surface area contributed by atoms with E-state index in [0.29, 0.717) is 11.7 Å². The van der Waals surface area contributed by atoms with Gasteiger partial charge in [-0.15, -0.1) is 0 Å². The summed E-state index contributed by atoms with van der Waals surface area (Å²) in [7, 11) is 0. The number of aldehydes is 1. The van der Waals surface area contributed by atoms with Crippen LogP contribution in [-0.4, -0.2) is 11.4 Å². The quantitative estimate of drug-likeness (QED) is 0.586. The fourth-order valence-electron chi connectivity index (χ4n) is 1.56. The fraction of sp³-hybridized carbons (Fsp3) is 0.167.